The number of nitrogens with zero attached hydrogens (tertiary/aromatic N) is 2. The molecule has 5 nitrogen and oxygen atoms in total. The smallest absolute Gasteiger partial charge is 0.154 e. The molecule has 114 valence electrons. The molecule has 1 N–H and O–H groups in total. The van der Waals surface area contributed by atoms with E-state index in [9.17, 15) is 8.42 Å². The molecular weight excluding hydrogens is 274 g/mol. The summed E-state index contributed by atoms with van der Waals surface area (Å²) in [5.74, 6) is 0.155. The molecule has 1 fully saturated rings. The fraction of sp³-hybridized carbons (Fsp3) is 0.786. The maximum Gasteiger partial charge on any atom is 0.154 e. The van der Waals surface area contributed by atoms with Gasteiger partial charge in [-0.1, -0.05) is 0 Å². The van der Waals surface area contributed by atoms with Crippen LogP contribution in [0.1, 0.15) is 43.6 Å². The Morgan fingerprint density at radius 3 is 2.55 bits per heavy atom. The van der Waals surface area contributed by atoms with Crippen LogP contribution in [0, 0.1) is 13.8 Å². The molecule has 2 rings (SSSR count). The summed E-state index contributed by atoms with van der Waals surface area (Å²) >= 11 is 0. The number of nitrogens with one attached hydrogen (secondary N) is 1. The van der Waals surface area contributed by atoms with Gasteiger partial charge in [-0.3, -0.25) is 4.68 Å². The monoisotopic (exact) mass is 299 g/mol. The van der Waals surface area contributed by atoms with Crippen LogP contribution in [0.4, 0.5) is 0 Å². The molecule has 0 spiro atoms. The highest BCUT2D eigenvalue weighted by Gasteiger charge is 2.22. The average Bonchev–Trinajstić information content (AvgIpc) is 3.14. The second-order valence-electron chi connectivity index (χ2n) is 5.94. The predicted molar refractivity (Wildman–Crippen MR) is 80.5 cm³/mol. The summed E-state index contributed by atoms with van der Waals surface area (Å²) in [4.78, 5) is 0. The van der Waals surface area contributed by atoms with E-state index >= 15 is 0 Å². The summed E-state index contributed by atoms with van der Waals surface area (Å²) in [5.41, 5.74) is 3.28. The highest BCUT2D eigenvalue weighted by atomic mass is 32.2. The molecule has 0 bridgehead atoms. The van der Waals surface area contributed by atoms with Crippen molar-refractivity contribution in [2.24, 2.45) is 0 Å². The van der Waals surface area contributed by atoms with Crippen molar-refractivity contribution in [3.8, 4) is 0 Å². The quantitative estimate of drug-likeness (QED) is 0.830. The Kier molecular flexibility index (Phi) is 4.54. The predicted octanol–water partition coefficient (Wildman–Crippen LogP) is 1.58. The van der Waals surface area contributed by atoms with Gasteiger partial charge in [0.2, 0.25) is 0 Å². The van der Waals surface area contributed by atoms with Crippen molar-refractivity contribution in [2.75, 3.05) is 5.75 Å². The summed E-state index contributed by atoms with van der Waals surface area (Å²) in [7, 11) is -3.01. The number of rotatable bonds is 7. The first kappa shape index (κ1) is 15.5. The van der Waals surface area contributed by atoms with E-state index in [-0.39, 0.29) is 11.0 Å². The van der Waals surface area contributed by atoms with E-state index in [1.165, 1.54) is 18.4 Å². The minimum atomic E-state index is -3.01. The minimum Gasteiger partial charge on any atom is -0.310 e. The van der Waals surface area contributed by atoms with Gasteiger partial charge in [0.15, 0.2) is 9.84 Å². The SMILES string of the molecule is Cc1nn(CCS(=O)(=O)C(C)C)c(C)c1CNC1CC1. The Balaban J connectivity index is 2.03. The van der Waals surface area contributed by atoms with Crippen LogP contribution in [0.5, 0.6) is 0 Å². The van der Waals surface area contributed by atoms with E-state index in [1.54, 1.807) is 13.8 Å². The lowest BCUT2D eigenvalue weighted by molar-refractivity contribution is 0.568. The number of aryl methyl sites for hydroxylation is 2. The van der Waals surface area contributed by atoms with Gasteiger partial charge in [-0.2, -0.15) is 5.10 Å². The van der Waals surface area contributed by atoms with Gasteiger partial charge in [-0.05, 0) is 40.5 Å². The molecule has 1 aliphatic carbocycles. The van der Waals surface area contributed by atoms with Gasteiger partial charge in [-0.15, -0.1) is 0 Å². The molecule has 20 heavy (non-hydrogen) atoms. The Hall–Kier alpha value is -0.880. The van der Waals surface area contributed by atoms with Gasteiger partial charge in [0, 0.05) is 23.8 Å². The van der Waals surface area contributed by atoms with Crippen molar-refractivity contribution in [1.82, 2.24) is 15.1 Å². The minimum absolute atomic E-state index is 0.155. The van der Waals surface area contributed by atoms with Crippen LogP contribution in [0.2, 0.25) is 0 Å². The van der Waals surface area contributed by atoms with E-state index in [0.717, 1.165) is 17.9 Å². The second kappa shape index (κ2) is 5.85. The Morgan fingerprint density at radius 2 is 2.00 bits per heavy atom. The summed E-state index contributed by atoms with van der Waals surface area (Å²) < 4.78 is 25.6. The molecule has 1 aromatic rings. The lowest BCUT2D eigenvalue weighted by atomic mass is 10.2. The maximum atomic E-state index is 11.9. The molecule has 0 unspecified atom stereocenters. The van der Waals surface area contributed by atoms with Crippen molar-refractivity contribution in [3.05, 3.63) is 17.0 Å². The molecule has 0 aromatic carbocycles. The van der Waals surface area contributed by atoms with Crippen molar-refractivity contribution in [2.45, 2.75) is 64.9 Å². The fourth-order valence-electron chi connectivity index (χ4n) is 2.19. The lowest BCUT2D eigenvalue weighted by Crippen LogP contribution is -2.22. The van der Waals surface area contributed by atoms with E-state index < -0.39 is 9.84 Å². The first-order valence-electron chi connectivity index (χ1n) is 7.29. The zero-order chi connectivity index (χ0) is 14.9. The standard InChI is InChI=1S/C14H25N3O2S/c1-10(2)20(18,19)8-7-17-12(4)14(11(3)16-17)9-15-13-5-6-13/h10,13,15H,5-9H2,1-4H3. The molecule has 0 saturated heterocycles. The molecular formula is C14H25N3O2S. The van der Waals surface area contributed by atoms with E-state index in [1.807, 2.05) is 18.5 Å². The highest BCUT2D eigenvalue weighted by molar-refractivity contribution is 7.91. The second-order valence-corrected chi connectivity index (χ2v) is 8.62. The summed E-state index contributed by atoms with van der Waals surface area (Å²) in [6.07, 6.45) is 2.53. The molecule has 0 amide bonds. The lowest BCUT2D eigenvalue weighted by Gasteiger charge is -2.09. The molecule has 1 aliphatic rings. The van der Waals surface area contributed by atoms with Gasteiger partial charge in [0.1, 0.15) is 0 Å². The molecule has 1 aromatic heterocycles. The van der Waals surface area contributed by atoms with Gasteiger partial charge in [0.05, 0.1) is 23.2 Å². The highest BCUT2D eigenvalue weighted by Crippen LogP contribution is 2.21. The van der Waals surface area contributed by atoms with Gasteiger partial charge >= 0.3 is 0 Å². The van der Waals surface area contributed by atoms with Crippen molar-refractivity contribution >= 4 is 9.84 Å². The van der Waals surface area contributed by atoms with Gasteiger partial charge < -0.3 is 5.32 Å². The third-order valence-electron chi connectivity index (χ3n) is 3.98. The summed E-state index contributed by atoms with van der Waals surface area (Å²) in [5, 5.41) is 7.65. The van der Waals surface area contributed by atoms with Crippen LogP contribution >= 0.6 is 0 Å². The summed E-state index contributed by atoms with van der Waals surface area (Å²) in [6.45, 7) is 8.73. The van der Waals surface area contributed by atoms with Crippen LogP contribution in [-0.4, -0.2) is 35.2 Å². The van der Waals surface area contributed by atoms with Crippen LogP contribution in [0.25, 0.3) is 0 Å². The Bertz CT molecular complexity index is 571. The summed E-state index contributed by atoms with van der Waals surface area (Å²) in [6, 6.07) is 0.665. The van der Waals surface area contributed by atoms with E-state index in [4.69, 9.17) is 0 Å². The Morgan fingerprint density at radius 1 is 1.35 bits per heavy atom. The Labute approximate surface area is 121 Å². The van der Waals surface area contributed by atoms with E-state index in [2.05, 4.69) is 10.4 Å². The average molecular weight is 299 g/mol. The van der Waals surface area contributed by atoms with Crippen molar-refractivity contribution in [1.29, 1.82) is 0 Å². The van der Waals surface area contributed by atoms with Crippen LogP contribution in [-0.2, 0) is 22.9 Å². The normalized spacial score (nSPS) is 16.1. The van der Waals surface area contributed by atoms with Crippen LogP contribution < -0.4 is 5.32 Å². The number of hydrogen-bond donors (Lipinski definition) is 1. The number of aromatic nitrogens is 2. The van der Waals surface area contributed by atoms with Crippen LogP contribution in [0.15, 0.2) is 0 Å². The van der Waals surface area contributed by atoms with Crippen LogP contribution in [0.3, 0.4) is 0 Å². The zero-order valence-electron chi connectivity index (χ0n) is 12.8. The molecule has 0 aliphatic heterocycles. The number of hydrogen-bond acceptors (Lipinski definition) is 4. The van der Waals surface area contributed by atoms with Crippen molar-refractivity contribution in [3.63, 3.8) is 0 Å². The van der Waals surface area contributed by atoms with E-state index in [0.29, 0.717) is 12.6 Å². The third-order valence-corrected chi connectivity index (χ3v) is 6.17. The number of sulfone groups is 1. The zero-order valence-corrected chi connectivity index (χ0v) is 13.6. The largest absolute Gasteiger partial charge is 0.310 e. The molecule has 6 heteroatoms. The molecule has 1 heterocycles. The van der Waals surface area contributed by atoms with Gasteiger partial charge in [0.25, 0.3) is 0 Å². The van der Waals surface area contributed by atoms with Crippen molar-refractivity contribution < 1.29 is 8.42 Å². The fourth-order valence-corrected chi connectivity index (χ4v) is 3.09. The first-order valence-corrected chi connectivity index (χ1v) is 9.00. The molecule has 0 radical (unpaired) electrons. The molecule has 0 atom stereocenters. The first-order chi connectivity index (χ1) is 9.31. The maximum absolute atomic E-state index is 11.9. The van der Waals surface area contributed by atoms with Gasteiger partial charge in [-0.25, -0.2) is 8.42 Å². The topological polar surface area (TPSA) is 64.0 Å². The third kappa shape index (κ3) is 3.61. The molecule has 1 saturated carbocycles.